The van der Waals surface area contributed by atoms with E-state index in [0.29, 0.717) is 12.8 Å². The van der Waals surface area contributed by atoms with Gasteiger partial charge in [-0.25, -0.2) is 8.42 Å². The lowest BCUT2D eigenvalue weighted by atomic mass is 10.1. The fourth-order valence-electron chi connectivity index (χ4n) is 2.21. The molecule has 3 aromatic rings. The predicted octanol–water partition coefficient (Wildman–Crippen LogP) is 4.68. The summed E-state index contributed by atoms with van der Waals surface area (Å²) in [5.41, 5.74) is 1.12. The molecule has 0 fully saturated rings. The molecular weight excluding hydrogens is 356 g/mol. The van der Waals surface area contributed by atoms with Crippen LogP contribution in [0, 0.1) is 0 Å². The lowest BCUT2D eigenvalue weighted by Gasteiger charge is -2.06. The van der Waals surface area contributed by atoms with Crippen LogP contribution in [0.5, 0.6) is 0 Å². The molecule has 7 heteroatoms. The molecule has 116 valence electrons. The van der Waals surface area contributed by atoms with Crippen LogP contribution < -0.4 is 0 Å². The standard InChI is InChI=1S/C15H14O3S4/c16-22(17,18)9-3-4-11-10-14(12-5-1-7-19-12)21-15(11)13-6-2-8-20-13/h1-2,5-8,10H,3-4,9H2,(H,16,17,18)/p-1. The molecule has 3 rings (SSSR count). The molecule has 0 aromatic carbocycles. The third-order valence-corrected chi connectivity index (χ3v) is 7.24. The first-order valence-corrected chi connectivity index (χ1v) is 10.8. The van der Waals surface area contributed by atoms with Crippen molar-refractivity contribution in [1.29, 1.82) is 0 Å². The summed E-state index contributed by atoms with van der Waals surface area (Å²) in [5, 5.41) is 4.08. The summed E-state index contributed by atoms with van der Waals surface area (Å²) in [6, 6.07) is 10.3. The van der Waals surface area contributed by atoms with Crippen LogP contribution in [0.25, 0.3) is 19.5 Å². The van der Waals surface area contributed by atoms with Gasteiger partial charge in [-0.2, -0.15) is 0 Å². The normalized spacial score (nSPS) is 11.9. The van der Waals surface area contributed by atoms with Crippen LogP contribution in [0.1, 0.15) is 12.0 Å². The first kappa shape index (κ1) is 15.9. The van der Waals surface area contributed by atoms with E-state index in [1.807, 2.05) is 22.9 Å². The molecule has 3 aromatic heterocycles. The molecule has 0 aliphatic heterocycles. The molecule has 0 aliphatic carbocycles. The van der Waals surface area contributed by atoms with Crippen molar-refractivity contribution >= 4 is 44.1 Å². The van der Waals surface area contributed by atoms with Gasteiger partial charge in [0.2, 0.25) is 0 Å². The quantitative estimate of drug-likeness (QED) is 0.593. The zero-order valence-electron chi connectivity index (χ0n) is 11.5. The van der Waals surface area contributed by atoms with Gasteiger partial charge in [0.25, 0.3) is 0 Å². The van der Waals surface area contributed by atoms with Gasteiger partial charge in [-0.1, -0.05) is 12.1 Å². The summed E-state index contributed by atoms with van der Waals surface area (Å²) in [7, 11) is -4.14. The van der Waals surface area contributed by atoms with Gasteiger partial charge in [0, 0.05) is 25.3 Å². The monoisotopic (exact) mass is 369 g/mol. The Morgan fingerprint density at radius 3 is 2.27 bits per heavy atom. The van der Waals surface area contributed by atoms with Crippen molar-refractivity contribution in [2.45, 2.75) is 12.8 Å². The van der Waals surface area contributed by atoms with Crippen molar-refractivity contribution in [2.75, 3.05) is 5.75 Å². The molecule has 0 bridgehead atoms. The van der Waals surface area contributed by atoms with Crippen molar-refractivity contribution in [3.8, 4) is 19.5 Å². The van der Waals surface area contributed by atoms with E-state index in [1.54, 1.807) is 34.0 Å². The van der Waals surface area contributed by atoms with Crippen molar-refractivity contribution in [1.82, 2.24) is 0 Å². The SMILES string of the molecule is O=S(=O)([O-])CCCc1cc(-c2cccs2)sc1-c1cccs1. The zero-order chi connectivity index (χ0) is 15.6. The summed E-state index contributed by atoms with van der Waals surface area (Å²) in [6.07, 6.45) is 0.974. The molecule has 0 N–H and O–H groups in total. The topological polar surface area (TPSA) is 57.2 Å². The first-order chi connectivity index (χ1) is 10.5. The van der Waals surface area contributed by atoms with E-state index in [2.05, 4.69) is 18.2 Å². The fourth-order valence-corrected chi connectivity index (χ4v) is 5.63. The fraction of sp³-hybridized carbons (Fsp3) is 0.200. The highest BCUT2D eigenvalue weighted by atomic mass is 32.2. The number of rotatable bonds is 6. The van der Waals surface area contributed by atoms with E-state index in [-0.39, 0.29) is 5.75 Å². The molecule has 0 atom stereocenters. The summed E-state index contributed by atoms with van der Waals surface area (Å²) >= 11 is 5.09. The van der Waals surface area contributed by atoms with E-state index in [4.69, 9.17) is 0 Å². The molecule has 22 heavy (non-hydrogen) atoms. The van der Waals surface area contributed by atoms with Crippen molar-refractivity contribution in [3.63, 3.8) is 0 Å². The number of thiophene rings is 3. The molecule has 3 nitrogen and oxygen atoms in total. The highest BCUT2D eigenvalue weighted by Crippen LogP contribution is 2.41. The predicted molar refractivity (Wildman–Crippen MR) is 93.8 cm³/mol. The molecule has 0 aliphatic rings. The second-order valence-corrected chi connectivity index (χ2v) is 9.26. The van der Waals surface area contributed by atoms with Crippen LogP contribution in [0.2, 0.25) is 0 Å². The summed E-state index contributed by atoms with van der Waals surface area (Å²) in [5.74, 6) is -0.305. The Labute approximate surface area is 141 Å². The second-order valence-electron chi connectivity index (χ2n) is 4.78. The van der Waals surface area contributed by atoms with Gasteiger partial charge in [-0.3, -0.25) is 0 Å². The maximum atomic E-state index is 10.8. The van der Waals surface area contributed by atoms with Gasteiger partial charge in [0.15, 0.2) is 0 Å². The van der Waals surface area contributed by atoms with Crippen molar-refractivity contribution in [2.24, 2.45) is 0 Å². The first-order valence-electron chi connectivity index (χ1n) is 6.67. The molecule has 3 heterocycles. The number of hydrogen-bond donors (Lipinski definition) is 0. The van der Waals surface area contributed by atoms with Gasteiger partial charge in [0.1, 0.15) is 0 Å². The van der Waals surface area contributed by atoms with Crippen LogP contribution in [-0.2, 0) is 16.5 Å². The van der Waals surface area contributed by atoms with E-state index in [0.717, 1.165) is 5.56 Å². The van der Waals surface area contributed by atoms with Gasteiger partial charge in [-0.05, 0) is 47.4 Å². The molecule has 0 saturated heterocycles. The van der Waals surface area contributed by atoms with Crippen LogP contribution in [0.3, 0.4) is 0 Å². The lowest BCUT2D eigenvalue weighted by molar-refractivity contribution is 0.461. The average molecular weight is 370 g/mol. The Kier molecular flexibility index (Phi) is 4.79. The molecule has 0 spiro atoms. The Morgan fingerprint density at radius 2 is 1.68 bits per heavy atom. The minimum absolute atomic E-state index is 0.305. The molecular formula is C15H13O3S4-. The summed E-state index contributed by atoms with van der Waals surface area (Å²) in [6.45, 7) is 0. The lowest BCUT2D eigenvalue weighted by Crippen LogP contribution is -2.05. The minimum atomic E-state index is -4.14. The van der Waals surface area contributed by atoms with Gasteiger partial charge in [-0.15, -0.1) is 34.0 Å². The van der Waals surface area contributed by atoms with Crippen LogP contribution in [0.4, 0.5) is 0 Å². The average Bonchev–Trinajstić information content (AvgIpc) is 3.18. The molecule has 0 unspecified atom stereocenters. The summed E-state index contributed by atoms with van der Waals surface area (Å²) < 4.78 is 32.3. The molecule has 0 amide bonds. The van der Waals surface area contributed by atoms with Crippen molar-refractivity contribution < 1.29 is 13.0 Å². The molecule has 0 saturated carbocycles. The summed E-state index contributed by atoms with van der Waals surface area (Å²) in [4.78, 5) is 4.78. The number of hydrogen-bond acceptors (Lipinski definition) is 6. The minimum Gasteiger partial charge on any atom is -0.748 e. The van der Waals surface area contributed by atoms with Crippen molar-refractivity contribution in [3.05, 3.63) is 46.7 Å². The second kappa shape index (κ2) is 6.64. The third kappa shape index (κ3) is 3.85. The Morgan fingerprint density at radius 1 is 1.00 bits per heavy atom. The highest BCUT2D eigenvalue weighted by molar-refractivity contribution is 7.85. The maximum Gasteiger partial charge on any atom is 0.0946 e. The molecule has 0 radical (unpaired) electrons. The van der Waals surface area contributed by atoms with Crippen LogP contribution >= 0.6 is 34.0 Å². The Balaban J connectivity index is 1.89. The van der Waals surface area contributed by atoms with Gasteiger partial charge < -0.3 is 4.55 Å². The Hall–Kier alpha value is -0.990. The van der Waals surface area contributed by atoms with E-state index >= 15 is 0 Å². The third-order valence-electron chi connectivity index (χ3n) is 3.16. The Bertz CT molecular complexity index is 828. The van der Waals surface area contributed by atoms with E-state index in [1.165, 1.54) is 19.5 Å². The van der Waals surface area contributed by atoms with Gasteiger partial charge >= 0.3 is 0 Å². The number of aryl methyl sites for hydroxylation is 1. The van der Waals surface area contributed by atoms with Gasteiger partial charge in [0.05, 0.1) is 10.1 Å². The largest absolute Gasteiger partial charge is 0.748 e. The van der Waals surface area contributed by atoms with E-state index < -0.39 is 10.1 Å². The zero-order valence-corrected chi connectivity index (χ0v) is 14.8. The van der Waals surface area contributed by atoms with Crippen LogP contribution in [-0.4, -0.2) is 18.7 Å². The van der Waals surface area contributed by atoms with Crippen LogP contribution in [0.15, 0.2) is 41.1 Å². The smallest absolute Gasteiger partial charge is 0.0946 e. The van der Waals surface area contributed by atoms with E-state index in [9.17, 15) is 13.0 Å². The highest BCUT2D eigenvalue weighted by Gasteiger charge is 2.14. The maximum absolute atomic E-state index is 10.8.